The normalized spacial score (nSPS) is 16.1. The van der Waals surface area contributed by atoms with Crippen molar-refractivity contribution in [2.24, 2.45) is 5.73 Å². The van der Waals surface area contributed by atoms with Gasteiger partial charge in [-0.1, -0.05) is 0 Å². The van der Waals surface area contributed by atoms with E-state index in [2.05, 4.69) is 9.97 Å². The Labute approximate surface area is 116 Å². The summed E-state index contributed by atoms with van der Waals surface area (Å²) >= 11 is 0. The van der Waals surface area contributed by atoms with Gasteiger partial charge >= 0.3 is 0 Å². The molecule has 1 aromatic heterocycles. The zero-order valence-electron chi connectivity index (χ0n) is 11.6. The van der Waals surface area contributed by atoms with Gasteiger partial charge in [0.05, 0.1) is 5.57 Å². The number of hydrogen-bond acceptors (Lipinski definition) is 5. The summed E-state index contributed by atoms with van der Waals surface area (Å²) in [7, 11) is 0. The maximum absolute atomic E-state index is 12.6. The number of amides is 2. The molecule has 0 unspecified atom stereocenters. The third-order valence-electron chi connectivity index (χ3n) is 3.35. The van der Waals surface area contributed by atoms with Crippen LogP contribution >= 0.6 is 0 Å². The van der Waals surface area contributed by atoms with Gasteiger partial charge in [-0.15, -0.1) is 0 Å². The number of primary amides is 1. The van der Waals surface area contributed by atoms with E-state index in [0.29, 0.717) is 16.9 Å². The Bertz CT molecular complexity index is 581. The molecule has 2 heterocycles. The molecule has 106 valence electrons. The molecular weight excluding hydrogens is 260 g/mol. The van der Waals surface area contributed by atoms with Crippen molar-refractivity contribution in [1.29, 1.82) is 0 Å². The summed E-state index contributed by atoms with van der Waals surface area (Å²) in [4.78, 5) is 33.2. The summed E-state index contributed by atoms with van der Waals surface area (Å²) in [6.07, 6.45) is 4.42. The maximum atomic E-state index is 12.6. The molecule has 0 spiro atoms. The molecule has 1 aliphatic rings. The van der Waals surface area contributed by atoms with E-state index in [1.165, 1.54) is 23.6 Å². The summed E-state index contributed by atoms with van der Waals surface area (Å²) in [6, 6.07) is 0. The molecule has 1 aromatic rings. The van der Waals surface area contributed by atoms with Crippen LogP contribution in [0.4, 0.5) is 0 Å². The highest BCUT2D eigenvalue weighted by atomic mass is 16.5. The lowest BCUT2D eigenvalue weighted by Gasteiger charge is -2.39. The summed E-state index contributed by atoms with van der Waals surface area (Å²) in [6.45, 7) is 4.83. The van der Waals surface area contributed by atoms with Crippen molar-refractivity contribution in [3.8, 4) is 0 Å². The van der Waals surface area contributed by atoms with E-state index in [-0.39, 0.29) is 12.6 Å². The highest BCUT2D eigenvalue weighted by Crippen LogP contribution is 2.29. The van der Waals surface area contributed by atoms with Crippen LogP contribution in [0.1, 0.15) is 26.3 Å². The number of carbonyl (C=O) groups excluding carboxylic acids is 2. The molecule has 0 saturated heterocycles. The van der Waals surface area contributed by atoms with Crippen LogP contribution in [0.3, 0.4) is 0 Å². The number of carbonyl (C=O) groups is 2. The van der Waals surface area contributed by atoms with Crippen LogP contribution in [0.5, 0.6) is 0 Å². The highest BCUT2D eigenvalue weighted by molar-refractivity contribution is 6.21. The Morgan fingerprint density at radius 1 is 1.40 bits per heavy atom. The minimum absolute atomic E-state index is 0.0161. The van der Waals surface area contributed by atoms with E-state index in [4.69, 9.17) is 10.5 Å². The van der Waals surface area contributed by atoms with E-state index < -0.39 is 11.4 Å². The molecule has 0 aromatic carbocycles. The molecule has 7 nitrogen and oxygen atoms in total. The molecule has 0 saturated carbocycles. The molecule has 20 heavy (non-hydrogen) atoms. The first-order chi connectivity index (χ1) is 9.35. The molecule has 2 amide bonds. The largest absolute Gasteiger partial charge is 0.477 e. The second-order valence-electron chi connectivity index (χ2n) is 4.99. The Morgan fingerprint density at radius 3 is 2.55 bits per heavy atom. The third-order valence-corrected chi connectivity index (χ3v) is 3.35. The fraction of sp³-hybridized carbons (Fsp3) is 0.385. The fourth-order valence-corrected chi connectivity index (χ4v) is 1.88. The molecule has 0 atom stereocenters. The summed E-state index contributed by atoms with van der Waals surface area (Å²) < 4.78 is 5.49. The topological polar surface area (TPSA) is 98.4 Å². The minimum Gasteiger partial charge on any atom is -0.477 e. The van der Waals surface area contributed by atoms with Crippen molar-refractivity contribution < 1.29 is 14.3 Å². The third kappa shape index (κ3) is 2.22. The standard InChI is InChI=1S/C13H16N4O3/c1-8-10(9-4-15-6-16-5-9)11(18)17(7-20-8)13(2,3)12(14)19/h4-6H,7H2,1-3H3,(H2,14,19). The number of rotatable bonds is 3. The van der Waals surface area contributed by atoms with E-state index in [1.54, 1.807) is 20.8 Å². The average Bonchev–Trinajstić information content (AvgIpc) is 2.39. The van der Waals surface area contributed by atoms with Gasteiger partial charge in [0.2, 0.25) is 5.91 Å². The summed E-state index contributed by atoms with van der Waals surface area (Å²) in [5.41, 5.74) is 5.09. The summed E-state index contributed by atoms with van der Waals surface area (Å²) in [5, 5.41) is 0. The van der Waals surface area contributed by atoms with E-state index in [1.807, 2.05) is 0 Å². The molecule has 2 rings (SSSR count). The van der Waals surface area contributed by atoms with Gasteiger partial charge in [0.1, 0.15) is 17.6 Å². The Kier molecular flexibility index (Phi) is 3.44. The minimum atomic E-state index is -1.14. The van der Waals surface area contributed by atoms with Gasteiger partial charge in [-0.2, -0.15) is 0 Å². The lowest BCUT2D eigenvalue weighted by Crippen LogP contribution is -2.57. The molecular formula is C13H16N4O3. The number of nitrogens with zero attached hydrogens (tertiary/aromatic N) is 3. The summed E-state index contributed by atoms with van der Waals surface area (Å²) in [5.74, 6) is -0.452. The van der Waals surface area contributed by atoms with Crippen molar-refractivity contribution in [2.45, 2.75) is 26.3 Å². The molecule has 0 fully saturated rings. The second-order valence-corrected chi connectivity index (χ2v) is 4.99. The van der Waals surface area contributed by atoms with E-state index >= 15 is 0 Å². The van der Waals surface area contributed by atoms with Crippen molar-refractivity contribution in [3.63, 3.8) is 0 Å². The Balaban J connectivity index is 2.44. The molecule has 0 bridgehead atoms. The lowest BCUT2D eigenvalue weighted by atomic mass is 9.98. The molecule has 2 N–H and O–H groups in total. The smallest absolute Gasteiger partial charge is 0.261 e. The van der Waals surface area contributed by atoms with Gasteiger partial charge < -0.3 is 10.5 Å². The predicted molar refractivity (Wildman–Crippen MR) is 70.7 cm³/mol. The van der Waals surface area contributed by atoms with E-state index in [9.17, 15) is 9.59 Å². The van der Waals surface area contributed by atoms with Gasteiger partial charge in [-0.3, -0.25) is 14.5 Å². The average molecular weight is 276 g/mol. The monoisotopic (exact) mass is 276 g/mol. The predicted octanol–water partition coefficient (Wildman–Crippen LogP) is 0.288. The maximum Gasteiger partial charge on any atom is 0.261 e. The number of ether oxygens (including phenoxy) is 1. The van der Waals surface area contributed by atoms with Crippen LogP contribution in [0.15, 0.2) is 24.5 Å². The van der Waals surface area contributed by atoms with Crippen molar-refractivity contribution >= 4 is 17.4 Å². The quantitative estimate of drug-likeness (QED) is 0.855. The van der Waals surface area contributed by atoms with Gasteiger partial charge in [-0.05, 0) is 20.8 Å². The zero-order chi connectivity index (χ0) is 14.9. The van der Waals surface area contributed by atoms with Crippen molar-refractivity contribution in [3.05, 3.63) is 30.0 Å². The number of nitrogens with two attached hydrogens (primary N) is 1. The molecule has 0 radical (unpaired) electrons. The fourth-order valence-electron chi connectivity index (χ4n) is 1.88. The van der Waals surface area contributed by atoms with Crippen molar-refractivity contribution in [1.82, 2.24) is 14.9 Å². The SMILES string of the molecule is CC1=C(c2cncnc2)C(=O)N(C(C)(C)C(N)=O)CO1. The van der Waals surface area contributed by atoms with E-state index in [0.717, 1.165) is 0 Å². The van der Waals surface area contributed by atoms with Gasteiger partial charge in [0, 0.05) is 18.0 Å². The second kappa shape index (κ2) is 4.92. The first kappa shape index (κ1) is 14.0. The molecule has 0 aliphatic carbocycles. The van der Waals surface area contributed by atoms with Crippen LogP contribution in [-0.2, 0) is 14.3 Å². The number of aromatic nitrogens is 2. The van der Waals surface area contributed by atoms with Gasteiger partial charge in [0.15, 0.2) is 6.73 Å². The first-order valence-corrected chi connectivity index (χ1v) is 6.06. The van der Waals surface area contributed by atoms with Gasteiger partial charge in [-0.25, -0.2) is 9.97 Å². The van der Waals surface area contributed by atoms with Crippen LogP contribution in [0.2, 0.25) is 0 Å². The molecule has 7 heteroatoms. The van der Waals surface area contributed by atoms with Crippen LogP contribution in [0, 0.1) is 0 Å². The molecule has 1 aliphatic heterocycles. The van der Waals surface area contributed by atoms with Crippen LogP contribution < -0.4 is 5.73 Å². The lowest BCUT2D eigenvalue weighted by molar-refractivity contribution is -0.148. The van der Waals surface area contributed by atoms with Crippen molar-refractivity contribution in [2.75, 3.05) is 6.73 Å². The highest BCUT2D eigenvalue weighted by Gasteiger charge is 2.41. The Hall–Kier alpha value is -2.44. The van der Waals surface area contributed by atoms with Crippen LogP contribution in [0.25, 0.3) is 5.57 Å². The van der Waals surface area contributed by atoms with Crippen LogP contribution in [-0.4, -0.2) is 39.0 Å². The first-order valence-electron chi connectivity index (χ1n) is 6.06. The zero-order valence-corrected chi connectivity index (χ0v) is 11.6. The number of allylic oxidation sites excluding steroid dienone is 1. The van der Waals surface area contributed by atoms with Gasteiger partial charge in [0.25, 0.3) is 5.91 Å². The Morgan fingerprint density at radius 2 is 2.00 bits per heavy atom. The number of hydrogen-bond donors (Lipinski definition) is 1.